The molecule has 0 bridgehead atoms. The van der Waals surface area contributed by atoms with E-state index in [-0.39, 0.29) is 12.0 Å². The summed E-state index contributed by atoms with van der Waals surface area (Å²) in [6.45, 7) is 8.04. The molecule has 0 saturated heterocycles. The highest BCUT2D eigenvalue weighted by Crippen LogP contribution is 2.32. The molecule has 0 unspecified atom stereocenters. The molecule has 0 heterocycles. The van der Waals surface area contributed by atoms with Crippen LogP contribution in [0.5, 0.6) is 5.75 Å². The van der Waals surface area contributed by atoms with Crippen LogP contribution in [0.3, 0.4) is 0 Å². The predicted octanol–water partition coefficient (Wildman–Crippen LogP) is 3.98. The Balaban J connectivity index is 2.37. The monoisotopic (exact) mass is 339 g/mol. The smallest absolute Gasteiger partial charge is 0.241 e. The molecule has 0 amide bonds. The fraction of sp³-hybridized carbons (Fsp3) is 0.667. The molecule has 1 aromatic rings. The second kappa shape index (κ2) is 7.22. The molecule has 0 spiro atoms. The van der Waals surface area contributed by atoms with Crippen molar-refractivity contribution in [2.75, 3.05) is 7.11 Å². The zero-order valence-corrected chi connectivity index (χ0v) is 15.7. The SMILES string of the molecule is COc1cc(C)c(S(=O)(=O)N[C@@H]2CCCC[C@@H]2C)cc1C(C)C. The largest absolute Gasteiger partial charge is 0.496 e. The van der Waals surface area contributed by atoms with E-state index in [1.807, 2.05) is 26.8 Å². The van der Waals surface area contributed by atoms with Crippen molar-refractivity contribution in [2.45, 2.75) is 70.2 Å². The molecular weight excluding hydrogens is 310 g/mol. The Labute approximate surface area is 140 Å². The minimum Gasteiger partial charge on any atom is -0.496 e. The molecule has 0 aromatic heterocycles. The third kappa shape index (κ3) is 4.07. The number of methoxy groups -OCH3 is 1. The van der Waals surface area contributed by atoms with E-state index in [9.17, 15) is 8.42 Å². The van der Waals surface area contributed by atoms with Gasteiger partial charge in [-0.25, -0.2) is 13.1 Å². The first-order valence-corrected chi connectivity index (χ1v) is 9.95. The van der Waals surface area contributed by atoms with E-state index in [0.717, 1.165) is 36.1 Å². The zero-order chi connectivity index (χ0) is 17.2. The Hall–Kier alpha value is -1.07. The summed E-state index contributed by atoms with van der Waals surface area (Å²) in [5.41, 5.74) is 1.65. The van der Waals surface area contributed by atoms with Gasteiger partial charge in [-0.1, -0.05) is 33.6 Å². The van der Waals surface area contributed by atoms with Crippen LogP contribution in [0, 0.1) is 12.8 Å². The van der Waals surface area contributed by atoms with Gasteiger partial charge in [-0.15, -0.1) is 0 Å². The molecule has 2 atom stereocenters. The van der Waals surface area contributed by atoms with Gasteiger partial charge in [0.2, 0.25) is 10.0 Å². The molecule has 1 aliphatic carbocycles. The molecule has 1 saturated carbocycles. The number of hydrogen-bond acceptors (Lipinski definition) is 3. The Morgan fingerprint density at radius 1 is 1.22 bits per heavy atom. The number of aryl methyl sites for hydroxylation is 1. The van der Waals surface area contributed by atoms with Gasteiger partial charge >= 0.3 is 0 Å². The summed E-state index contributed by atoms with van der Waals surface area (Å²) in [6, 6.07) is 3.64. The molecule has 1 aromatic carbocycles. The molecule has 0 radical (unpaired) electrons. The molecule has 1 N–H and O–H groups in total. The number of hydrogen-bond donors (Lipinski definition) is 1. The Bertz CT molecular complexity index is 652. The second-order valence-electron chi connectivity index (χ2n) is 7.00. The number of ether oxygens (including phenoxy) is 1. The van der Waals surface area contributed by atoms with Gasteiger partial charge in [0, 0.05) is 6.04 Å². The van der Waals surface area contributed by atoms with Crippen molar-refractivity contribution in [3.8, 4) is 5.75 Å². The Morgan fingerprint density at radius 2 is 1.87 bits per heavy atom. The molecular formula is C18H29NO3S. The predicted molar refractivity (Wildman–Crippen MR) is 93.6 cm³/mol. The minimum atomic E-state index is -3.51. The van der Waals surface area contributed by atoms with Crippen LogP contribution in [0.1, 0.15) is 63.5 Å². The van der Waals surface area contributed by atoms with Crippen LogP contribution in [-0.2, 0) is 10.0 Å². The van der Waals surface area contributed by atoms with E-state index >= 15 is 0 Å². The first-order valence-electron chi connectivity index (χ1n) is 8.47. The van der Waals surface area contributed by atoms with E-state index in [2.05, 4.69) is 11.6 Å². The second-order valence-corrected chi connectivity index (χ2v) is 8.69. The molecule has 1 aliphatic rings. The summed E-state index contributed by atoms with van der Waals surface area (Å²) in [4.78, 5) is 0.375. The lowest BCUT2D eigenvalue weighted by atomic mass is 9.87. The fourth-order valence-corrected chi connectivity index (χ4v) is 4.99. The van der Waals surface area contributed by atoms with E-state index in [4.69, 9.17) is 4.74 Å². The Morgan fingerprint density at radius 3 is 2.43 bits per heavy atom. The fourth-order valence-electron chi connectivity index (χ4n) is 3.35. The highest BCUT2D eigenvalue weighted by molar-refractivity contribution is 7.89. The van der Waals surface area contributed by atoms with Gasteiger partial charge in [-0.3, -0.25) is 0 Å². The van der Waals surface area contributed by atoms with Crippen molar-refractivity contribution >= 4 is 10.0 Å². The van der Waals surface area contributed by atoms with Crippen molar-refractivity contribution in [1.82, 2.24) is 4.72 Å². The molecule has 0 aliphatic heterocycles. The summed E-state index contributed by atoms with van der Waals surface area (Å²) >= 11 is 0. The zero-order valence-electron chi connectivity index (χ0n) is 14.8. The van der Waals surface area contributed by atoms with Crippen LogP contribution in [0.4, 0.5) is 0 Å². The lowest BCUT2D eigenvalue weighted by Crippen LogP contribution is -2.41. The van der Waals surface area contributed by atoms with Crippen LogP contribution < -0.4 is 9.46 Å². The van der Waals surface area contributed by atoms with Crippen molar-refractivity contribution in [2.24, 2.45) is 5.92 Å². The maximum absolute atomic E-state index is 12.9. The van der Waals surface area contributed by atoms with Gasteiger partial charge in [-0.2, -0.15) is 0 Å². The third-order valence-corrected chi connectivity index (χ3v) is 6.49. The van der Waals surface area contributed by atoms with Gasteiger partial charge in [0.05, 0.1) is 12.0 Å². The van der Waals surface area contributed by atoms with E-state index < -0.39 is 10.0 Å². The number of sulfonamides is 1. The van der Waals surface area contributed by atoms with Gasteiger partial charge in [0.25, 0.3) is 0 Å². The molecule has 130 valence electrons. The van der Waals surface area contributed by atoms with E-state index in [1.54, 1.807) is 13.2 Å². The number of nitrogens with one attached hydrogen (secondary N) is 1. The molecule has 2 rings (SSSR count). The normalized spacial score (nSPS) is 22.3. The van der Waals surface area contributed by atoms with Crippen molar-refractivity contribution in [1.29, 1.82) is 0 Å². The van der Waals surface area contributed by atoms with E-state index in [1.165, 1.54) is 6.42 Å². The van der Waals surface area contributed by atoms with E-state index in [0.29, 0.717) is 10.8 Å². The molecule has 5 heteroatoms. The Kier molecular flexibility index (Phi) is 5.74. The lowest BCUT2D eigenvalue weighted by Gasteiger charge is -2.29. The van der Waals surface area contributed by atoms with Crippen LogP contribution in [-0.4, -0.2) is 21.6 Å². The molecule has 4 nitrogen and oxygen atoms in total. The molecule has 1 fully saturated rings. The van der Waals surface area contributed by atoms with Crippen LogP contribution in [0.25, 0.3) is 0 Å². The maximum atomic E-state index is 12.9. The van der Waals surface area contributed by atoms with Gasteiger partial charge in [0.15, 0.2) is 0 Å². The molecule has 23 heavy (non-hydrogen) atoms. The average Bonchev–Trinajstić information content (AvgIpc) is 2.48. The van der Waals surface area contributed by atoms with Crippen LogP contribution >= 0.6 is 0 Å². The lowest BCUT2D eigenvalue weighted by molar-refractivity contribution is 0.310. The van der Waals surface area contributed by atoms with Gasteiger partial charge in [-0.05, 0) is 54.9 Å². The maximum Gasteiger partial charge on any atom is 0.241 e. The highest BCUT2D eigenvalue weighted by atomic mass is 32.2. The van der Waals surface area contributed by atoms with Crippen LogP contribution in [0.15, 0.2) is 17.0 Å². The van der Waals surface area contributed by atoms with Crippen LogP contribution in [0.2, 0.25) is 0 Å². The summed E-state index contributed by atoms with van der Waals surface area (Å²) in [5.74, 6) is 1.34. The topological polar surface area (TPSA) is 55.4 Å². The summed E-state index contributed by atoms with van der Waals surface area (Å²) < 4.78 is 34.1. The van der Waals surface area contributed by atoms with Crippen molar-refractivity contribution in [3.63, 3.8) is 0 Å². The first kappa shape index (κ1) is 18.3. The average molecular weight is 340 g/mol. The summed E-state index contributed by atoms with van der Waals surface area (Å²) in [5, 5.41) is 0. The summed E-state index contributed by atoms with van der Waals surface area (Å²) in [7, 11) is -1.89. The third-order valence-electron chi connectivity index (χ3n) is 4.86. The van der Waals surface area contributed by atoms with Crippen molar-refractivity contribution < 1.29 is 13.2 Å². The first-order chi connectivity index (χ1) is 10.8. The van der Waals surface area contributed by atoms with Gasteiger partial charge in [0.1, 0.15) is 5.75 Å². The quantitative estimate of drug-likeness (QED) is 0.882. The number of rotatable bonds is 5. The summed E-state index contributed by atoms with van der Waals surface area (Å²) in [6.07, 6.45) is 4.30. The number of benzene rings is 1. The minimum absolute atomic E-state index is 0.0396. The van der Waals surface area contributed by atoms with Gasteiger partial charge < -0.3 is 4.74 Å². The standard InChI is InChI=1S/C18H29NO3S/c1-12(2)15-11-18(14(4)10-17(15)22-5)23(20,21)19-16-9-7-6-8-13(16)3/h10-13,16,19H,6-9H2,1-5H3/t13-,16+/m0/s1. The highest BCUT2D eigenvalue weighted by Gasteiger charge is 2.28. The van der Waals surface area contributed by atoms with Crippen molar-refractivity contribution in [3.05, 3.63) is 23.3 Å².